The molecule has 0 spiro atoms. The Labute approximate surface area is 117 Å². The summed E-state index contributed by atoms with van der Waals surface area (Å²) in [4.78, 5) is 18.4. The van der Waals surface area contributed by atoms with Crippen molar-refractivity contribution in [1.82, 2.24) is 9.88 Å². The number of aromatic nitrogens is 1. The van der Waals surface area contributed by atoms with Gasteiger partial charge in [-0.25, -0.2) is 4.98 Å². The quantitative estimate of drug-likeness (QED) is 0.837. The molecule has 1 amide bonds. The molecule has 1 fully saturated rings. The van der Waals surface area contributed by atoms with Crippen molar-refractivity contribution in [1.29, 1.82) is 0 Å². The predicted molar refractivity (Wildman–Crippen MR) is 75.5 cm³/mol. The molecule has 2 heterocycles. The number of pyridine rings is 1. The Morgan fingerprint density at radius 3 is 2.61 bits per heavy atom. The van der Waals surface area contributed by atoms with Gasteiger partial charge in [-0.15, -0.1) is 0 Å². The summed E-state index contributed by atoms with van der Waals surface area (Å²) >= 11 is 3.33. The van der Waals surface area contributed by atoms with Crippen LogP contribution in [0.3, 0.4) is 0 Å². The number of likely N-dealkylation sites (tertiary alicyclic amines) is 1. The van der Waals surface area contributed by atoms with Crippen molar-refractivity contribution >= 4 is 21.8 Å². The summed E-state index contributed by atoms with van der Waals surface area (Å²) in [6, 6.07) is 3.64. The van der Waals surface area contributed by atoms with Gasteiger partial charge in [0.05, 0.1) is 0 Å². The largest absolute Gasteiger partial charge is 0.337 e. The number of nitrogens with zero attached hydrogens (tertiary/aromatic N) is 2. The lowest BCUT2D eigenvalue weighted by Gasteiger charge is -2.38. The zero-order valence-electron chi connectivity index (χ0n) is 10.9. The lowest BCUT2D eigenvalue weighted by Crippen LogP contribution is -2.42. The lowest BCUT2D eigenvalue weighted by molar-refractivity contribution is 0.0594. The number of hydrogen-bond donors (Lipinski definition) is 0. The smallest absolute Gasteiger partial charge is 0.272 e. The summed E-state index contributed by atoms with van der Waals surface area (Å²) in [5.41, 5.74) is 0.947. The summed E-state index contributed by atoms with van der Waals surface area (Å²) in [5.74, 6) is 0.0562. The van der Waals surface area contributed by atoms with Crippen molar-refractivity contribution in [2.24, 2.45) is 5.41 Å². The number of carbonyl (C=O) groups is 1. The van der Waals surface area contributed by atoms with E-state index in [1.165, 1.54) is 6.42 Å². The second kappa shape index (κ2) is 5.39. The monoisotopic (exact) mass is 310 g/mol. The molecule has 0 atom stereocenters. The van der Waals surface area contributed by atoms with Crippen molar-refractivity contribution in [2.45, 2.75) is 33.1 Å². The molecular weight excluding hydrogens is 292 g/mol. The van der Waals surface area contributed by atoms with Crippen LogP contribution in [0.4, 0.5) is 0 Å². The fourth-order valence-electron chi connectivity index (χ4n) is 2.27. The van der Waals surface area contributed by atoms with Gasteiger partial charge in [0.1, 0.15) is 5.69 Å². The lowest BCUT2D eigenvalue weighted by atomic mass is 9.78. The third-order valence-corrected chi connectivity index (χ3v) is 4.53. The van der Waals surface area contributed by atoms with E-state index >= 15 is 0 Å². The van der Waals surface area contributed by atoms with Gasteiger partial charge in [-0.3, -0.25) is 4.79 Å². The molecule has 1 aromatic heterocycles. The summed E-state index contributed by atoms with van der Waals surface area (Å²) in [5, 5.41) is 0. The van der Waals surface area contributed by atoms with Crippen LogP contribution in [0.2, 0.25) is 0 Å². The highest BCUT2D eigenvalue weighted by Gasteiger charge is 2.30. The number of hydrogen-bond acceptors (Lipinski definition) is 2. The molecule has 98 valence electrons. The van der Waals surface area contributed by atoms with Crippen molar-refractivity contribution in [2.75, 3.05) is 13.1 Å². The van der Waals surface area contributed by atoms with E-state index in [1.54, 1.807) is 12.3 Å². The Bertz CT molecular complexity index is 422. The van der Waals surface area contributed by atoms with E-state index < -0.39 is 0 Å². The van der Waals surface area contributed by atoms with Crippen molar-refractivity contribution in [3.63, 3.8) is 0 Å². The minimum Gasteiger partial charge on any atom is -0.337 e. The van der Waals surface area contributed by atoms with Gasteiger partial charge in [0.25, 0.3) is 5.91 Å². The molecule has 2 rings (SSSR count). The Morgan fingerprint density at radius 2 is 2.11 bits per heavy atom. The number of carbonyl (C=O) groups excluding carboxylic acids is 1. The molecule has 1 aromatic rings. The van der Waals surface area contributed by atoms with Crippen LogP contribution >= 0.6 is 15.9 Å². The van der Waals surface area contributed by atoms with Gasteiger partial charge in [-0.1, -0.05) is 20.3 Å². The van der Waals surface area contributed by atoms with Gasteiger partial charge in [0.15, 0.2) is 0 Å². The number of amides is 1. The molecule has 4 heteroatoms. The van der Waals surface area contributed by atoms with Gasteiger partial charge >= 0.3 is 0 Å². The van der Waals surface area contributed by atoms with Crippen LogP contribution in [0.15, 0.2) is 22.8 Å². The molecule has 0 aromatic carbocycles. The SMILES string of the molecule is CCC1(C)CCN(C(=O)c2ccc(Br)cn2)CC1. The highest BCUT2D eigenvalue weighted by molar-refractivity contribution is 9.10. The first-order valence-electron chi connectivity index (χ1n) is 6.45. The van der Waals surface area contributed by atoms with Crippen LogP contribution < -0.4 is 0 Å². The molecule has 0 saturated carbocycles. The number of piperidine rings is 1. The zero-order chi connectivity index (χ0) is 13.2. The molecule has 0 aliphatic carbocycles. The van der Waals surface area contributed by atoms with Crippen molar-refractivity contribution < 1.29 is 4.79 Å². The summed E-state index contributed by atoms with van der Waals surface area (Å²) in [6.45, 7) is 6.24. The Kier molecular flexibility index (Phi) is 4.05. The average Bonchev–Trinajstić information content (AvgIpc) is 2.40. The Morgan fingerprint density at radius 1 is 1.44 bits per heavy atom. The van der Waals surface area contributed by atoms with E-state index in [0.29, 0.717) is 11.1 Å². The minimum absolute atomic E-state index is 0.0562. The predicted octanol–water partition coefficient (Wildman–Crippen LogP) is 3.50. The Hall–Kier alpha value is -0.900. The van der Waals surface area contributed by atoms with Gasteiger partial charge < -0.3 is 4.90 Å². The normalized spacial score (nSPS) is 18.7. The Balaban J connectivity index is 2.01. The van der Waals surface area contributed by atoms with Gasteiger partial charge in [-0.2, -0.15) is 0 Å². The van der Waals surface area contributed by atoms with Crippen LogP contribution in [0.5, 0.6) is 0 Å². The van der Waals surface area contributed by atoms with E-state index in [4.69, 9.17) is 0 Å². The average molecular weight is 311 g/mol. The summed E-state index contributed by atoms with van der Waals surface area (Å²) in [6.07, 6.45) is 5.04. The van der Waals surface area contributed by atoms with E-state index in [2.05, 4.69) is 34.8 Å². The maximum Gasteiger partial charge on any atom is 0.272 e. The van der Waals surface area contributed by atoms with E-state index in [1.807, 2.05) is 11.0 Å². The second-order valence-corrected chi connectivity index (χ2v) is 6.23. The molecule has 0 unspecified atom stereocenters. The maximum atomic E-state index is 12.3. The van der Waals surface area contributed by atoms with Gasteiger partial charge in [0.2, 0.25) is 0 Å². The fraction of sp³-hybridized carbons (Fsp3) is 0.571. The molecule has 18 heavy (non-hydrogen) atoms. The van der Waals surface area contributed by atoms with Gasteiger partial charge in [-0.05, 0) is 46.3 Å². The molecule has 1 aliphatic rings. The number of halogens is 1. The minimum atomic E-state index is 0.0562. The van der Waals surface area contributed by atoms with Crippen LogP contribution in [0.25, 0.3) is 0 Å². The highest BCUT2D eigenvalue weighted by atomic mass is 79.9. The van der Waals surface area contributed by atoms with Crippen LogP contribution in [-0.2, 0) is 0 Å². The standard InChI is InChI=1S/C14H19BrN2O/c1-3-14(2)6-8-17(9-7-14)13(18)12-5-4-11(15)10-16-12/h4-5,10H,3,6-9H2,1-2H3. The molecule has 0 bridgehead atoms. The van der Waals surface area contributed by atoms with E-state index in [0.717, 1.165) is 30.4 Å². The highest BCUT2D eigenvalue weighted by Crippen LogP contribution is 2.34. The third-order valence-electron chi connectivity index (χ3n) is 4.06. The van der Waals surface area contributed by atoms with Crippen molar-refractivity contribution in [3.05, 3.63) is 28.5 Å². The van der Waals surface area contributed by atoms with Crippen LogP contribution in [0.1, 0.15) is 43.6 Å². The molecular formula is C14H19BrN2O. The fourth-order valence-corrected chi connectivity index (χ4v) is 2.50. The van der Waals surface area contributed by atoms with E-state index in [9.17, 15) is 4.79 Å². The van der Waals surface area contributed by atoms with E-state index in [-0.39, 0.29) is 5.91 Å². The molecule has 0 N–H and O–H groups in total. The van der Waals surface area contributed by atoms with Gasteiger partial charge in [0, 0.05) is 23.8 Å². The topological polar surface area (TPSA) is 33.2 Å². The van der Waals surface area contributed by atoms with Crippen LogP contribution in [-0.4, -0.2) is 28.9 Å². The molecule has 1 aliphatic heterocycles. The first-order valence-corrected chi connectivity index (χ1v) is 7.24. The van der Waals surface area contributed by atoms with Crippen LogP contribution in [0, 0.1) is 5.41 Å². The molecule has 0 radical (unpaired) electrons. The summed E-state index contributed by atoms with van der Waals surface area (Å²) < 4.78 is 0.899. The zero-order valence-corrected chi connectivity index (χ0v) is 12.5. The number of rotatable bonds is 2. The first-order chi connectivity index (χ1) is 8.54. The summed E-state index contributed by atoms with van der Waals surface area (Å²) in [7, 11) is 0. The maximum absolute atomic E-state index is 12.3. The van der Waals surface area contributed by atoms with Crippen molar-refractivity contribution in [3.8, 4) is 0 Å². The molecule has 3 nitrogen and oxygen atoms in total. The second-order valence-electron chi connectivity index (χ2n) is 5.32. The first kappa shape index (κ1) is 13.5. The third kappa shape index (κ3) is 2.91. The molecule has 1 saturated heterocycles.